The lowest BCUT2D eigenvalue weighted by atomic mass is 9.99. The van der Waals surface area contributed by atoms with Crippen molar-refractivity contribution in [2.75, 3.05) is 58.9 Å². The SMILES string of the molecule is CCCC[C@H]1C(=O)N(C)[C@@H](CCCC)C(=O)N[C@@H](CC(C)C)C(=O)N[C@H](C(=O)NCC(N)=O)CSCC(=O)N[C@@H](Cc2ccc(O)cc2)C(=O)N(C)[C@@H](C)C(=O)N[C@@H](CC(=O)O)C(=O)N2CCC[C@H]2C(=O)N[C@@H](Cc2c[nH]cn2)C(=O)N[C@@H](CCC(N)=O)C(=O)N2C[C@H](O)C[C@H]2C(=O)N[C@@H](Cc2c[nH]c3ccccc23)C(=O)N[C@@H](CO)C(=O)N[C@@H](Cc2cn(CC(=O)O)c3ccccc23)C(=O)N1C. The Hall–Kier alpha value is -14.1. The van der Waals surface area contributed by atoms with Crippen LogP contribution in [-0.4, -0.2) is 331 Å². The number of phenolic OH excluding ortho intramolecular Hbond substituents is 1. The number of primary amides is 2. The molecule has 3 aliphatic rings. The minimum absolute atomic E-state index is 0.0291. The molecule has 6 aromatic rings. The summed E-state index contributed by atoms with van der Waals surface area (Å²) in [7, 11) is 3.79. The lowest BCUT2D eigenvalue weighted by Crippen LogP contribution is -2.62. The van der Waals surface area contributed by atoms with Crippen LogP contribution in [0.25, 0.3) is 21.8 Å². The minimum atomic E-state index is -2.00. The molecule has 3 fully saturated rings. The molecule has 748 valence electrons. The summed E-state index contributed by atoms with van der Waals surface area (Å²) in [5.74, 6) is -21.6. The predicted molar refractivity (Wildman–Crippen MR) is 499 cm³/mol. The molecular formula is C92H125N21O24S. The van der Waals surface area contributed by atoms with E-state index in [1.165, 1.54) is 81.8 Å². The number of phenols is 1. The quantitative estimate of drug-likeness (QED) is 0.0248. The van der Waals surface area contributed by atoms with E-state index in [4.69, 9.17) is 11.5 Å². The van der Waals surface area contributed by atoms with Crippen LogP contribution in [0.3, 0.4) is 0 Å². The highest BCUT2D eigenvalue weighted by molar-refractivity contribution is 8.00. The smallest absolute Gasteiger partial charge is 0.323 e. The zero-order valence-corrected chi connectivity index (χ0v) is 78.9. The number of carboxylic acids is 2. The maximum absolute atomic E-state index is 15.9. The van der Waals surface area contributed by atoms with Gasteiger partial charge in [-0.15, -0.1) is 11.8 Å². The highest BCUT2D eigenvalue weighted by Gasteiger charge is 2.47. The number of rotatable bonds is 27. The molecule has 9 rings (SSSR count). The summed E-state index contributed by atoms with van der Waals surface area (Å²) in [6, 6.07) is -4.38. The molecule has 138 heavy (non-hydrogen) atoms. The van der Waals surface area contributed by atoms with Crippen LogP contribution in [0, 0.1) is 5.92 Å². The number of hydrogen-bond donors (Lipinski definition) is 19. The van der Waals surface area contributed by atoms with Gasteiger partial charge in [0.25, 0.3) is 0 Å². The Morgan fingerprint density at radius 3 is 1.78 bits per heavy atom. The number of nitrogens with zero attached hydrogens (tertiary/aromatic N) is 7. The average molecular weight is 1940 g/mol. The van der Waals surface area contributed by atoms with E-state index in [9.17, 15) is 78.3 Å². The Labute approximate surface area is 799 Å². The van der Waals surface area contributed by atoms with Crippen LogP contribution in [0.1, 0.15) is 140 Å². The van der Waals surface area contributed by atoms with E-state index >= 15 is 38.4 Å². The number of imidazole rings is 1. The molecule has 0 saturated carbocycles. The second-order valence-corrected chi connectivity index (χ2v) is 36.3. The van der Waals surface area contributed by atoms with Gasteiger partial charge in [0.2, 0.25) is 100 Å². The maximum atomic E-state index is 15.9. The van der Waals surface area contributed by atoms with E-state index in [0.717, 1.165) is 36.3 Å². The third-order valence-corrected chi connectivity index (χ3v) is 25.5. The zero-order chi connectivity index (χ0) is 101. The van der Waals surface area contributed by atoms with Gasteiger partial charge < -0.3 is 129 Å². The number of nitrogens with two attached hydrogens (primary N) is 2. The molecule has 0 spiro atoms. The van der Waals surface area contributed by atoms with Crippen molar-refractivity contribution in [2.45, 2.75) is 241 Å². The predicted octanol–water partition coefficient (Wildman–Crippen LogP) is -2.77. The number of amides is 17. The second-order valence-electron chi connectivity index (χ2n) is 35.2. The van der Waals surface area contributed by atoms with E-state index in [1.54, 1.807) is 62.4 Å². The summed E-state index contributed by atoms with van der Waals surface area (Å²) in [5, 5.41) is 80.1. The van der Waals surface area contributed by atoms with Gasteiger partial charge in [-0.2, -0.15) is 0 Å². The van der Waals surface area contributed by atoms with Gasteiger partial charge in [-0.3, -0.25) is 91.1 Å². The van der Waals surface area contributed by atoms with Crippen LogP contribution in [-0.2, 0) is 123 Å². The number of carboxylic acid groups (broad SMARTS) is 2. The largest absolute Gasteiger partial charge is 0.508 e. The molecule has 0 bridgehead atoms. The number of hydrogen-bond acceptors (Lipinski definition) is 24. The van der Waals surface area contributed by atoms with Gasteiger partial charge in [-0.1, -0.05) is 102 Å². The fraction of sp³-hybridized carbons (Fsp3) is 0.522. The van der Waals surface area contributed by atoms with E-state index in [1.807, 2.05) is 13.8 Å². The molecule has 6 heterocycles. The van der Waals surface area contributed by atoms with Crippen LogP contribution in [0.15, 0.2) is 97.7 Å². The van der Waals surface area contributed by atoms with Gasteiger partial charge in [0.15, 0.2) is 0 Å². The topological polar surface area (TPSA) is 663 Å². The number of benzene rings is 3. The lowest BCUT2D eigenvalue weighted by molar-refractivity contribution is -0.149. The van der Waals surface area contributed by atoms with Crippen molar-refractivity contribution >= 4 is 146 Å². The Bertz CT molecular complexity index is 5400. The number of H-pyrrole nitrogens is 2. The van der Waals surface area contributed by atoms with Crippen molar-refractivity contribution in [3.8, 4) is 5.75 Å². The average Bonchev–Trinajstić information content (AvgIpc) is 1.63. The molecule has 0 radical (unpaired) electrons. The number of aliphatic hydroxyl groups is 2. The standard InChI is InChI=1S/C92H125N21O24S/c1-9-11-21-70-85(130)101-61(32-49(3)4)81(126)107-68(80(125)97-41-75(94)118)46-138-47-76(119)99-64(33-51-25-27-55(115)28-26-51)88(133)108(6)50(5)79(124)104-66(38-77(120)121)91(136)112-31-17-24-71(112)86(131)103-63(36-54-40-95-48-98-54)83(128)100-60(29-30-74(93)117)90(135)113-43-56(116)37-73(113)87(132)102-62(34-52-39-96-59-20-15-13-18-57(52)59)82(127)106-67(45-114)84(129)105-65(89(134)110(8)72(22-12-10-2)92(137)109(70)7)35-53-42-111(44-78(122)123)69-23-16-14-19-58(53)69/h13-16,18-20,23,25-28,39-40,42,48-50,56,60-68,70-73,96,114-116H,9-12,17,21-22,24,29-38,41,43-47H2,1-8H3,(H2,93,117)(H2,94,118)(H,95,98)(H,97,125)(H,99,119)(H,100,128)(H,101,130)(H,102,132)(H,103,131)(H,104,124)(H,105,129)(H,106,127)(H,107,126)(H,120,121)(H,122,123)/t50-,56+,60-,61-,62-,63-,64-,65-,66-,67-,68-,70-,71-,72-,73-/m0/s1. The molecule has 0 unspecified atom stereocenters. The molecule has 45 nitrogen and oxygen atoms in total. The van der Waals surface area contributed by atoms with Gasteiger partial charge in [0.1, 0.15) is 96.9 Å². The summed E-state index contributed by atoms with van der Waals surface area (Å²) in [6.45, 7) is 5.02. The Kier molecular flexibility index (Phi) is 39.5. The number of aliphatic hydroxyl groups excluding tert-OH is 2. The van der Waals surface area contributed by atoms with Crippen LogP contribution < -0.4 is 64.6 Å². The van der Waals surface area contributed by atoms with Crippen LogP contribution in [0.4, 0.5) is 0 Å². The fourth-order valence-corrected chi connectivity index (χ4v) is 17.8. The molecular weight excluding hydrogens is 1820 g/mol. The number of fused-ring (bicyclic) bond motifs is 4. The van der Waals surface area contributed by atoms with Crippen molar-refractivity contribution in [3.05, 3.63) is 120 Å². The summed E-state index contributed by atoms with van der Waals surface area (Å²) in [6.07, 6.45) is 1.12. The maximum Gasteiger partial charge on any atom is 0.323 e. The second kappa shape index (κ2) is 50.7. The van der Waals surface area contributed by atoms with Crippen molar-refractivity contribution in [2.24, 2.45) is 17.4 Å². The first-order valence-corrected chi connectivity index (χ1v) is 46.9. The number of aromatic amines is 2. The lowest BCUT2D eigenvalue weighted by Gasteiger charge is -2.36. The van der Waals surface area contributed by atoms with Gasteiger partial charge >= 0.3 is 11.9 Å². The minimum Gasteiger partial charge on any atom is -0.508 e. The molecule has 46 heteroatoms. The first kappa shape index (κ1) is 108. The number of likely N-dealkylation sites (N-methyl/N-ethyl adjacent to an activating group) is 3. The highest BCUT2D eigenvalue weighted by Crippen LogP contribution is 2.29. The third-order valence-electron chi connectivity index (χ3n) is 24.5. The van der Waals surface area contributed by atoms with E-state index in [-0.39, 0.29) is 68.9 Å². The Morgan fingerprint density at radius 2 is 1.14 bits per heavy atom. The number of aromatic nitrogens is 4. The molecule has 15 atom stereocenters. The van der Waals surface area contributed by atoms with Crippen molar-refractivity contribution < 1.29 is 117 Å². The molecule has 3 aromatic carbocycles. The summed E-state index contributed by atoms with van der Waals surface area (Å²) >= 11 is 0.758. The summed E-state index contributed by atoms with van der Waals surface area (Å²) in [5.41, 5.74) is 13.3. The van der Waals surface area contributed by atoms with Crippen LogP contribution >= 0.6 is 11.8 Å². The number of nitrogens with one attached hydrogen (secondary N) is 12. The fourth-order valence-electron chi connectivity index (χ4n) is 17.0. The van der Waals surface area contributed by atoms with E-state index in [0.29, 0.717) is 57.8 Å². The molecule has 0 aliphatic carbocycles. The normalized spacial score (nSPS) is 24.5. The van der Waals surface area contributed by atoms with E-state index in [2.05, 4.69) is 68.1 Å². The number of aromatic hydroxyl groups is 1. The van der Waals surface area contributed by atoms with Gasteiger partial charge in [0.05, 0.1) is 43.5 Å². The zero-order valence-electron chi connectivity index (χ0n) is 78.1. The first-order valence-electron chi connectivity index (χ1n) is 45.8. The summed E-state index contributed by atoms with van der Waals surface area (Å²) in [4.78, 5) is 290. The number of carbonyl (C=O) groups is 19. The monoisotopic (exact) mass is 1940 g/mol. The van der Waals surface area contributed by atoms with Crippen LogP contribution in [0.2, 0.25) is 0 Å². The number of unbranched alkanes of at least 4 members (excludes halogenated alkanes) is 2. The first-order chi connectivity index (χ1) is 65.6. The van der Waals surface area contributed by atoms with Gasteiger partial charge in [-0.25, -0.2) is 4.98 Å². The number of thioether (sulfide) groups is 1. The molecule has 3 saturated heterocycles. The molecule has 17 amide bonds. The van der Waals surface area contributed by atoms with Gasteiger partial charge in [0, 0.05) is 119 Å². The molecule has 3 aromatic heterocycles. The highest BCUT2D eigenvalue weighted by atomic mass is 32.2. The molecule has 3 aliphatic heterocycles. The van der Waals surface area contributed by atoms with Crippen molar-refractivity contribution in [3.63, 3.8) is 0 Å². The number of carbonyl (C=O) groups excluding carboxylic acids is 17. The Morgan fingerprint density at radius 1 is 0.565 bits per heavy atom. The summed E-state index contributed by atoms with van der Waals surface area (Å²) < 4.78 is 1.40. The number of aliphatic carboxylic acids is 2. The number of para-hydroxylation sites is 2. The van der Waals surface area contributed by atoms with Crippen LogP contribution in [0.5, 0.6) is 5.75 Å². The Balaban J connectivity index is 1.12. The van der Waals surface area contributed by atoms with Gasteiger partial charge in [-0.05, 0) is 92.3 Å². The third kappa shape index (κ3) is 29.5. The van der Waals surface area contributed by atoms with E-state index < -0.39 is 286 Å². The van der Waals surface area contributed by atoms with Crippen molar-refractivity contribution in [1.82, 2.24) is 97.2 Å². The molecule has 21 N–H and O–H groups in total. The van der Waals surface area contributed by atoms with Crippen molar-refractivity contribution in [1.29, 1.82) is 0 Å².